The lowest BCUT2D eigenvalue weighted by Crippen LogP contribution is -2.42. The van der Waals surface area contributed by atoms with Crippen molar-refractivity contribution in [2.24, 2.45) is 0 Å². The molecule has 0 radical (unpaired) electrons. The molecule has 140 valence electrons. The smallest absolute Gasteiger partial charge is 0.224 e. The summed E-state index contributed by atoms with van der Waals surface area (Å²) in [5, 5.41) is 2.44. The lowest BCUT2D eigenvalue weighted by molar-refractivity contribution is -0.134. The summed E-state index contributed by atoms with van der Waals surface area (Å²) in [6, 6.07) is 15.1. The van der Waals surface area contributed by atoms with Gasteiger partial charge in [0.1, 0.15) is 0 Å². The van der Waals surface area contributed by atoms with E-state index in [9.17, 15) is 4.79 Å². The van der Waals surface area contributed by atoms with Gasteiger partial charge in [0.25, 0.3) is 0 Å². The number of methoxy groups -OCH3 is 1. The van der Waals surface area contributed by atoms with Gasteiger partial charge in [-0.2, -0.15) is 0 Å². The second-order valence-electron chi connectivity index (χ2n) is 7.28. The molecular weight excluding hydrogens is 324 g/mol. The minimum absolute atomic E-state index is 0.230. The average Bonchev–Trinajstić information content (AvgIpc) is 2.67. The number of piperidine rings is 1. The summed E-state index contributed by atoms with van der Waals surface area (Å²) in [5.41, 5.74) is 1.20. The first-order valence-corrected chi connectivity index (χ1v) is 9.62. The highest BCUT2D eigenvalue weighted by atomic mass is 16.5. The number of carbonyl (C=O) groups excluding carboxylic acids is 1. The molecule has 0 unspecified atom stereocenters. The molecule has 1 aliphatic heterocycles. The molecule has 3 rings (SSSR count). The summed E-state index contributed by atoms with van der Waals surface area (Å²) < 4.78 is 5.25. The van der Waals surface area contributed by atoms with Crippen molar-refractivity contribution in [3.8, 4) is 0 Å². The molecular formula is C22H30N2O2. The fourth-order valence-electron chi connectivity index (χ4n) is 3.86. The Morgan fingerprint density at radius 1 is 1.19 bits per heavy atom. The van der Waals surface area contributed by atoms with E-state index in [1.165, 1.54) is 29.2 Å². The molecule has 2 aromatic carbocycles. The van der Waals surface area contributed by atoms with Crippen LogP contribution in [0.2, 0.25) is 0 Å². The fraction of sp³-hybridized carbons (Fsp3) is 0.500. The highest BCUT2D eigenvalue weighted by Gasteiger charge is 2.24. The second kappa shape index (κ2) is 9.15. The van der Waals surface area contributed by atoms with Crippen molar-refractivity contribution >= 4 is 16.7 Å². The highest BCUT2D eigenvalue weighted by Crippen LogP contribution is 2.22. The van der Waals surface area contributed by atoms with E-state index >= 15 is 0 Å². The highest BCUT2D eigenvalue weighted by molar-refractivity contribution is 5.86. The van der Waals surface area contributed by atoms with Crippen molar-refractivity contribution in [2.45, 2.75) is 38.3 Å². The molecule has 0 aliphatic carbocycles. The van der Waals surface area contributed by atoms with Crippen molar-refractivity contribution in [3.63, 3.8) is 0 Å². The monoisotopic (exact) mass is 354 g/mol. The topological polar surface area (TPSA) is 32.8 Å². The normalized spacial score (nSPS) is 18.2. The summed E-state index contributed by atoms with van der Waals surface area (Å²) in [6.07, 6.45) is 4.19. The van der Waals surface area contributed by atoms with Crippen LogP contribution >= 0.6 is 0 Å². The summed E-state index contributed by atoms with van der Waals surface area (Å²) in [5.74, 6) is 0.230. The summed E-state index contributed by atoms with van der Waals surface area (Å²) in [6.45, 7) is 2.94. The number of rotatable bonds is 7. The van der Waals surface area contributed by atoms with E-state index in [4.69, 9.17) is 4.74 Å². The van der Waals surface area contributed by atoms with Crippen molar-refractivity contribution in [3.05, 3.63) is 48.0 Å². The average molecular weight is 354 g/mol. The van der Waals surface area contributed by atoms with E-state index in [0.717, 1.165) is 13.0 Å². The van der Waals surface area contributed by atoms with E-state index in [1.807, 2.05) is 4.90 Å². The second-order valence-corrected chi connectivity index (χ2v) is 7.28. The zero-order valence-corrected chi connectivity index (χ0v) is 16.0. The van der Waals surface area contributed by atoms with Crippen molar-refractivity contribution in [1.29, 1.82) is 0 Å². The summed E-state index contributed by atoms with van der Waals surface area (Å²) in [7, 11) is 3.83. The van der Waals surface area contributed by atoms with Gasteiger partial charge in [-0.15, -0.1) is 0 Å². The largest absolute Gasteiger partial charge is 0.383 e. The summed E-state index contributed by atoms with van der Waals surface area (Å²) in [4.78, 5) is 17.4. The van der Waals surface area contributed by atoms with E-state index in [2.05, 4.69) is 54.4 Å². The van der Waals surface area contributed by atoms with Gasteiger partial charge in [0, 0.05) is 32.7 Å². The van der Waals surface area contributed by atoms with Crippen LogP contribution in [0.4, 0.5) is 0 Å². The molecule has 0 saturated carbocycles. The van der Waals surface area contributed by atoms with E-state index in [0.29, 0.717) is 32.2 Å². The molecule has 1 fully saturated rings. The van der Waals surface area contributed by atoms with Crippen LogP contribution in [0.25, 0.3) is 10.8 Å². The SMILES string of the molecule is COCCN(Cc1cccc2ccccc12)C(=O)C[C@@H]1CCCCN1C. The van der Waals surface area contributed by atoms with Gasteiger partial charge >= 0.3 is 0 Å². The molecule has 4 nitrogen and oxygen atoms in total. The molecule has 0 spiro atoms. The number of ether oxygens (including phenoxy) is 1. The Kier molecular flexibility index (Phi) is 6.64. The van der Waals surface area contributed by atoms with Crippen LogP contribution in [-0.4, -0.2) is 55.6 Å². The minimum Gasteiger partial charge on any atom is -0.383 e. The first-order valence-electron chi connectivity index (χ1n) is 9.62. The van der Waals surface area contributed by atoms with Crippen LogP contribution in [0, 0.1) is 0 Å². The summed E-state index contributed by atoms with van der Waals surface area (Å²) >= 11 is 0. The molecule has 0 aromatic heterocycles. The van der Waals surface area contributed by atoms with Gasteiger partial charge in [0.15, 0.2) is 0 Å². The quantitative estimate of drug-likeness (QED) is 0.760. The van der Waals surface area contributed by atoms with Gasteiger partial charge in [0.05, 0.1) is 6.61 Å². The molecule has 4 heteroatoms. The number of amides is 1. The molecule has 1 amide bonds. The lowest BCUT2D eigenvalue weighted by Gasteiger charge is -2.33. The predicted molar refractivity (Wildman–Crippen MR) is 106 cm³/mol. The van der Waals surface area contributed by atoms with E-state index < -0.39 is 0 Å². The molecule has 2 aromatic rings. The number of hydrogen-bond acceptors (Lipinski definition) is 3. The molecule has 0 N–H and O–H groups in total. The van der Waals surface area contributed by atoms with Crippen LogP contribution < -0.4 is 0 Å². The maximum absolute atomic E-state index is 13.0. The number of likely N-dealkylation sites (tertiary alicyclic amines) is 1. The Morgan fingerprint density at radius 2 is 2.00 bits per heavy atom. The van der Waals surface area contributed by atoms with Gasteiger partial charge < -0.3 is 14.5 Å². The van der Waals surface area contributed by atoms with Crippen LogP contribution in [0.15, 0.2) is 42.5 Å². The zero-order chi connectivity index (χ0) is 18.4. The maximum atomic E-state index is 13.0. The number of benzene rings is 2. The van der Waals surface area contributed by atoms with Crippen molar-refractivity contribution in [2.75, 3.05) is 33.9 Å². The Hall–Kier alpha value is -1.91. The first kappa shape index (κ1) is 18.9. The van der Waals surface area contributed by atoms with Crippen molar-refractivity contribution in [1.82, 2.24) is 9.80 Å². The van der Waals surface area contributed by atoms with Crippen molar-refractivity contribution < 1.29 is 9.53 Å². The Morgan fingerprint density at radius 3 is 2.81 bits per heavy atom. The molecule has 1 aliphatic rings. The third-order valence-corrected chi connectivity index (χ3v) is 5.49. The van der Waals surface area contributed by atoms with Gasteiger partial charge in [-0.1, -0.05) is 48.9 Å². The third-order valence-electron chi connectivity index (χ3n) is 5.49. The van der Waals surface area contributed by atoms with Gasteiger partial charge in [-0.05, 0) is 42.8 Å². The number of carbonyl (C=O) groups is 1. The first-order chi connectivity index (χ1) is 12.7. The molecule has 1 heterocycles. The molecule has 0 bridgehead atoms. The van der Waals surface area contributed by atoms with Crippen LogP contribution in [0.5, 0.6) is 0 Å². The van der Waals surface area contributed by atoms with E-state index in [1.54, 1.807) is 7.11 Å². The zero-order valence-electron chi connectivity index (χ0n) is 16.0. The Balaban J connectivity index is 1.75. The molecule has 1 atom stereocenters. The lowest BCUT2D eigenvalue weighted by atomic mass is 9.99. The maximum Gasteiger partial charge on any atom is 0.224 e. The van der Waals surface area contributed by atoms with Gasteiger partial charge in [-0.25, -0.2) is 0 Å². The van der Waals surface area contributed by atoms with Crippen LogP contribution in [-0.2, 0) is 16.1 Å². The van der Waals surface area contributed by atoms with E-state index in [-0.39, 0.29) is 5.91 Å². The Labute approximate surface area is 156 Å². The fourth-order valence-corrected chi connectivity index (χ4v) is 3.86. The minimum atomic E-state index is 0.230. The standard InChI is InChI=1S/C22H30N2O2/c1-23-13-6-5-11-20(23)16-22(25)24(14-15-26-2)17-19-10-7-9-18-8-3-4-12-21(18)19/h3-4,7-10,12,20H,5-6,11,13-17H2,1-2H3/t20-/m0/s1. The molecule has 26 heavy (non-hydrogen) atoms. The Bertz CT molecular complexity index is 726. The van der Waals surface area contributed by atoms with Crippen LogP contribution in [0.3, 0.4) is 0 Å². The van der Waals surface area contributed by atoms with Gasteiger partial charge in [0.2, 0.25) is 5.91 Å². The number of fused-ring (bicyclic) bond motifs is 1. The van der Waals surface area contributed by atoms with Gasteiger partial charge in [-0.3, -0.25) is 4.79 Å². The predicted octanol–water partition coefficient (Wildman–Crippen LogP) is 3.69. The molecule has 1 saturated heterocycles. The third kappa shape index (κ3) is 4.63. The number of hydrogen-bond donors (Lipinski definition) is 0. The van der Waals surface area contributed by atoms with Crippen LogP contribution in [0.1, 0.15) is 31.2 Å². The number of nitrogens with zero attached hydrogens (tertiary/aromatic N) is 2.